The Hall–Kier alpha value is -2.76. The van der Waals surface area contributed by atoms with Crippen LogP contribution in [0.5, 0.6) is 0 Å². The summed E-state index contributed by atoms with van der Waals surface area (Å²) in [4.78, 5) is 26.3. The van der Waals surface area contributed by atoms with Crippen LogP contribution in [0.2, 0.25) is 5.02 Å². The molecule has 1 atom stereocenters. The van der Waals surface area contributed by atoms with Crippen LogP contribution in [-0.2, 0) is 31.0 Å². The molecule has 2 aromatic carbocycles. The van der Waals surface area contributed by atoms with Crippen molar-refractivity contribution in [2.75, 3.05) is 13.2 Å². The van der Waals surface area contributed by atoms with Gasteiger partial charge in [-0.3, -0.25) is 9.59 Å². The van der Waals surface area contributed by atoms with Crippen molar-refractivity contribution in [2.24, 2.45) is 5.73 Å². The van der Waals surface area contributed by atoms with Crippen molar-refractivity contribution in [2.45, 2.75) is 69.7 Å². The van der Waals surface area contributed by atoms with Crippen LogP contribution < -0.4 is 21.1 Å². The Balaban J connectivity index is 1.59. The fourth-order valence-electron chi connectivity index (χ4n) is 5.18. The lowest BCUT2D eigenvalue weighted by molar-refractivity contribution is -0.132. The van der Waals surface area contributed by atoms with Crippen molar-refractivity contribution in [1.82, 2.24) is 15.4 Å². The molecule has 0 aromatic heterocycles. The second-order valence-corrected chi connectivity index (χ2v) is 13.1. The molecule has 40 heavy (non-hydrogen) atoms. The van der Waals surface area contributed by atoms with Crippen molar-refractivity contribution in [3.63, 3.8) is 0 Å². The Bertz CT molecular complexity index is 1350. The van der Waals surface area contributed by atoms with Gasteiger partial charge in [0, 0.05) is 11.6 Å². The predicted molar refractivity (Wildman–Crippen MR) is 156 cm³/mol. The zero-order valence-corrected chi connectivity index (χ0v) is 24.4. The number of sulfonamides is 1. The van der Waals surface area contributed by atoms with Crippen LogP contribution in [0.4, 0.5) is 0 Å². The quantitative estimate of drug-likeness (QED) is 0.336. The molecular weight excluding hydrogens is 552 g/mol. The van der Waals surface area contributed by atoms with Crippen LogP contribution >= 0.6 is 11.6 Å². The lowest BCUT2D eigenvalue weighted by atomic mass is 9.76. The topological polar surface area (TPSA) is 140 Å². The zero-order chi connectivity index (χ0) is 29.0. The van der Waals surface area contributed by atoms with E-state index in [2.05, 4.69) is 15.4 Å². The molecule has 4 rings (SSSR count). The number of benzene rings is 2. The first-order chi connectivity index (χ1) is 18.9. The van der Waals surface area contributed by atoms with E-state index >= 15 is 0 Å². The lowest BCUT2D eigenvalue weighted by Gasteiger charge is -2.35. The minimum Gasteiger partial charge on any atom is -0.374 e. The number of carbonyl (C=O) groups is 2. The second kappa shape index (κ2) is 12.4. The van der Waals surface area contributed by atoms with Crippen LogP contribution in [0.1, 0.15) is 57.1 Å². The van der Waals surface area contributed by atoms with E-state index in [1.54, 1.807) is 38.1 Å². The monoisotopic (exact) mass is 588 g/mol. The van der Waals surface area contributed by atoms with Gasteiger partial charge in [-0.1, -0.05) is 73.3 Å². The van der Waals surface area contributed by atoms with Crippen molar-refractivity contribution in [3.05, 3.63) is 76.3 Å². The Morgan fingerprint density at radius 3 is 2.35 bits per heavy atom. The van der Waals surface area contributed by atoms with E-state index in [1.807, 2.05) is 30.3 Å². The standard InChI is InChI=1S/C29H37ClN4O5S/c1-28(2,31)27(36)33-24(19-39-18-20-9-5-3-6-10-20)26(35)32-17-23-25(21-11-13-22(30)14-12-21)40(37,38)34-29(23)15-7-4-8-16-29/h3,5-6,9-14,24,34H,4,7-8,15-19,31H2,1-2H3,(H,32,35)(H,33,36)/t24-/m1/s1. The molecule has 5 N–H and O–H groups in total. The van der Waals surface area contributed by atoms with Gasteiger partial charge < -0.3 is 21.1 Å². The summed E-state index contributed by atoms with van der Waals surface area (Å²) in [6.45, 7) is 3.25. The van der Waals surface area contributed by atoms with Gasteiger partial charge in [-0.15, -0.1) is 0 Å². The maximum Gasteiger partial charge on any atom is 0.245 e. The van der Waals surface area contributed by atoms with E-state index in [0.29, 0.717) is 29.0 Å². The average molecular weight is 589 g/mol. The highest BCUT2D eigenvalue weighted by atomic mass is 35.5. The number of amides is 2. The van der Waals surface area contributed by atoms with Gasteiger partial charge in [0.05, 0.1) is 29.2 Å². The molecule has 9 nitrogen and oxygen atoms in total. The number of nitrogens with two attached hydrogens (primary N) is 1. The largest absolute Gasteiger partial charge is 0.374 e. The summed E-state index contributed by atoms with van der Waals surface area (Å²) >= 11 is 6.07. The Kier molecular flexibility index (Phi) is 9.36. The van der Waals surface area contributed by atoms with Crippen molar-refractivity contribution < 1.29 is 22.7 Å². The molecule has 1 aliphatic carbocycles. The highest BCUT2D eigenvalue weighted by Crippen LogP contribution is 2.45. The van der Waals surface area contributed by atoms with Crippen LogP contribution in [0.15, 0.2) is 60.2 Å². The molecule has 1 saturated carbocycles. The molecule has 0 unspecified atom stereocenters. The highest BCUT2D eigenvalue weighted by Gasteiger charge is 2.49. The average Bonchev–Trinajstić information content (AvgIpc) is 3.12. The smallest absolute Gasteiger partial charge is 0.245 e. The van der Waals surface area contributed by atoms with E-state index in [1.165, 1.54) is 0 Å². The number of carbonyl (C=O) groups excluding carboxylic acids is 2. The van der Waals surface area contributed by atoms with E-state index in [0.717, 1.165) is 24.8 Å². The van der Waals surface area contributed by atoms with E-state index < -0.39 is 39.0 Å². The Morgan fingerprint density at radius 1 is 1.07 bits per heavy atom. The number of hydrogen-bond donors (Lipinski definition) is 4. The fraction of sp³-hybridized carbons (Fsp3) is 0.448. The fourth-order valence-corrected chi connectivity index (χ4v) is 7.29. The van der Waals surface area contributed by atoms with Gasteiger partial charge >= 0.3 is 0 Å². The van der Waals surface area contributed by atoms with Crippen molar-refractivity contribution in [1.29, 1.82) is 0 Å². The minimum absolute atomic E-state index is 0.0138. The summed E-state index contributed by atoms with van der Waals surface area (Å²) in [6, 6.07) is 15.1. The minimum atomic E-state index is -3.84. The SMILES string of the molecule is CC(C)(N)C(=O)N[C@H](COCc1ccccc1)C(=O)NCC1=C(c2ccc(Cl)cc2)S(=O)(=O)NC12CCCCC2. The molecular formula is C29H37ClN4O5S. The number of nitrogens with one attached hydrogen (secondary N) is 3. The van der Waals surface area contributed by atoms with Crippen LogP contribution in [0, 0.1) is 0 Å². The van der Waals surface area contributed by atoms with Crippen LogP contribution in [0.25, 0.3) is 4.91 Å². The molecule has 2 aromatic rings. The molecule has 2 amide bonds. The number of rotatable bonds is 10. The summed E-state index contributed by atoms with van der Waals surface area (Å²) in [7, 11) is -3.84. The third kappa shape index (κ3) is 7.11. The van der Waals surface area contributed by atoms with Gasteiger partial charge in [-0.05, 0) is 55.5 Å². The molecule has 0 radical (unpaired) electrons. The predicted octanol–water partition coefficient (Wildman–Crippen LogP) is 3.24. The van der Waals surface area contributed by atoms with E-state index in [9.17, 15) is 18.0 Å². The van der Waals surface area contributed by atoms with Crippen LogP contribution in [0.3, 0.4) is 0 Å². The Labute approximate surface area is 240 Å². The number of hydrogen-bond acceptors (Lipinski definition) is 6. The molecule has 216 valence electrons. The van der Waals surface area contributed by atoms with Crippen molar-refractivity contribution in [3.8, 4) is 0 Å². The third-order valence-corrected chi connectivity index (χ3v) is 9.24. The normalized spacial score (nSPS) is 18.9. The van der Waals surface area contributed by atoms with Gasteiger partial charge in [0.25, 0.3) is 0 Å². The summed E-state index contributed by atoms with van der Waals surface area (Å²) in [5, 5.41) is 6.07. The zero-order valence-electron chi connectivity index (χ0n) is 22.8. The first-order valence-corrected chi connectivity index (χ1v) is 15.3. The van der Waals surface area contributed by atoms with Gasteiger partial charge in [-0.2, -0.15) is 0 Å². The lowest BCUT2D eigenvalue weighted by Crippen LogP contribution is -2.57. The van der Waals surface area contributed by atoms with Gasteiger partial charge in [0.15, 0.2) is 0 Å². The first-order valence-electron chi connectivity index (χ1n) is 13.4. The van der Waals surface area contributed by atoms with Gasteiger partial charge in [0.2, 0.25) is 21.8 Å². The molecule has 0 bridgehead atoms. The summed E-state index contributed by atoms with van der Waals surface area (Å²) < 4.78 is 35.6. The summed E-state index contributed by atoms with van der Waals surface area (Å²) in [5.41, 5.74) is 6.01. The van der Waals surface area contributed by atoms with Crippen molar-refractivity contribution >= 4 is 38.3 Å². The van der Waals surface area contributed by atoms with E-state index in [4.69, 9.17) is 22.1 Å². The summed E-state index contributed by atoms with van der Waals surface area (Å²) in [6.07, 6.45) is 4.02. The van der Waals surface area contributed by atoms with Gasteiger partial charge in [-0.25, -0.2) is 13.1 Å². The number of halogens is 1. The molecule has 1 fully saturated rings. The molecule has 1 heterocycles. The second-order valence-electron chi connectivity index (χ2n) is 11.0. The Morgan fingerprint density at radius 2 is 1.73 bits per heavy atom. The maximum atomic E-state index is 13.5. The number of ether oxygens (including phenoxy) is 1. The van der Waals surface area contributed by atoms with E-state index in [-0.39, 0.29) is 24.7 Å². The maximum absolute atomic E-state index is 13.5. The van der Waals surface area contributed by atoms with Gasteiger partial charge in [0.1, 0.15) is 6.04 Å². The molecule has 1 spiro atoms. The first kappa shape index (κ1) is 30.2. The molecule has 11 heteroatoms. The molecule has 0 saturated heterocycles. The molecule has 2 aliphatic rings. The van der Waals surface area contributed by atoms with Crippen LogP contribution in [-0.4, -0.2) is 50.5 Å². The summed E-state index contributed by atoms with van der Waals surface area (Å²) in [5.74, 6) is -1.00. The third-order valence-electron chi connectivity index (χ3n) is 7.31. The molecule has 1 aliphatic heterocycles. The highest BCUT2D eigenvalue weighted by molar-refractivity contribution is 7.99.